The van der Waals surface area contributed by atoms with Gasteiger partial charge in [-0.3, -0.25) is 4.79 Å². The van der Waals surface area contributed by atoms with Crippen LogP contribution in [-0.2, 0) is 38.1 Å². The van der Waals surface area contributed by atoms with Crippen LogP contribution in [0.5, 0.6) is 0 Å². The molecule has 2 saturated carbocycles. The van der Waals surface area contributed by atoms with Crippen molar-refractivity contribution in [2.24, 2.45) is 34.5 Å². The molecule has 0 radical (unpaired) electrons. The van der Waals surface area contributed by atoms with Crippen molar-refractivity contribution in [3.8, 4) is 0 Å². The smallest absolute Gasteiger partial charge is 0.341 e. The molecule has 0 aromatic rings. The van der Waals surface area contributed by atoms with Crippen molar-refractivity contribution in [2.45, 2.75) is 77.5 Å². The lowest BCUT2D eigenvalue weighted by atomic mass is 9.38. The Bertz CT molecular complexity index is 1200. The number of rotatable bonds is 4. The highest BCUT2D eigenvalue weighted by molar-refractivity contribution is 5.99. The monoisotopic (exact) mass is 548 g/mol. The molecule has 3 N–H and O–H groups in total. The summed E-state index contributed by atoms with van der Waals surface area (Å²) in [5, 5.41) is 34.1. The number of aliphatic hydroxyl groups is 3. The third kappa shape index (κ3) is 3.42. The minimum absolute atomic E-state index is 0.0811. The number of hydrogen-bond acceptors (Lipinski definition) is 11. The average Bonchev–Trinajstić information content (AvgIpc) is 3.18. The second kappa shape index (κ2) is 8.95. The Balaban J connectivity index is 1.63. The summed E-state index contributed by atoms with van der Waals surface area (Å²) in [7, 11) is 1.09. The molecule has 0 aromatic carbocycles. The van der Waals surface area contributed by atoms with Gasteiger partial charge in [0.2, 0.25) is 0 Å². The summed E-state index contributed by atoms with van der Waals surface area (Å²) in [5.74, 6) is -5.75. The van der Waals surface area contributed by atoms with Crippen LogP contribution in [0.25, 0.3) is 0 Å². The van der Waals surface area contributed by atoms with E-state index in [1.165, 1.54) is 6.08 Å². The molecule has 2 bridgehead atoms. The maximum Gasteiger partial charge on any atom is 0.341 e. The molecule has 0 aromatic heterocycles. The highest BCUT2D eigenvalue weighted by Crippen LogP contribution is 2.72. The van der Waals surface area contributed by atoms with Crippen LogP contribution < -0.4 is 0 Å². The van der Waals surface area contributed by atoms with Crippen molar-refractivity contribution in [1.29, 1.82) is 0 Å². The predicted octanol–water partition coefficient (Wildman–Crippen LogP) is 0.587. The molecule has 1 spiro atoms. The maximum atomic E-state index is 13.5. The molecule has 11 nitrogen and oxygen atoms in total. The molecular weight excluding hydrogens is 512 g/mol. The number of hydrogen-bond donors (Lipinski definition) is 3. The summed E-state index contributed by atoms with van der Waals surface area (Å²) in [6.45, 7) is 8.92. The van der Waals surface area contributed by atoms with Crippen LogP contribution in [0.15, 0.2) is 23.0 Å². The normalized spacial score (nSPS) is 45.0. The number of ether oxygens (including phenoxy) is 4. The van der Waals surface area contributed by atoms with Gasteiger partial charge in [0.1, 0.15) is 12.2 Å². The number of methoxy groups -OCH3 is 1. The fourth-order valence-electron chi connectivity index (χ4n) is 8.37. The minimum Gasteiger partial charge on any atom is -0.467 e. The van der Waals surface area contributed by atoms with Crippen molar-refractivity contribution >= 4 is 23.7 Å². The van der Waals surface area contributed by atoms with Gasteiger partial charge in [0.25, 0.3) is 0 Å². The number of fused-ring (bicyclic) bond motifs is 2. The molecule has 3 aliphatic carbocycles. The number of allylic oxidation sites excluding steroid dienone is 3. The predicted molar refractivity (Wildman–Crippen MR) is 131 cm³/mol. The van der Waals surface area contributed by atoms with E-state index in [9.17, 15) is 34.5 Å². The Labute approximate surface area is 226 Å². The van der Waals surface area contributed by atoms with Gasteiger partial charge < -0.3 is 34.3 Å². The fraction of sp³-hybridized carbons (Fsp3) is 0.714. The molecule has 2 saturated heterocycles. The highest BCUT2D eigenvalue weighted by atomic mass is 16.6. The maximum absolute atomic E-state index is 13.5. The second-order valence-corrected chi connectivity index (χ2v) is 12.3. The summed E-state index contributed by atoms with van der Waals surface area (Å²) in [6.07, 6.45) is -4.80. The van der Waals surface area contributed by atoms with Gasteiger partial charge in [-0.05, 0) is 43.1 Å². The average molecular weight is 549 g/mol. The molecule has 0 amide bonds. The van der Waals surface area contributed by atoms with Gasteiger partial charge in [0, 0.05) is 23.8 Å². The van der Waals surface area contributed by atoms with Crippen LogP contribution in [0.2, 0.25) is 0 Å². The van der Waals surface area contributed by atoms with Crippen molar-refractivity contribution in [3.63, 3.8) is 0 Å². The lowest BCUT2D eigenvalue weighted by Crippen LogP contribution is -2.79. The van der Waals surface area contributed by atoms with Gasteiger partial charge in [-0.1, -0.05) is 26.3 Å². The first-order chi connectivity index (χ1) is 18.2. The molecule has 5 rings (SSSR count). The number of ketones is 1. The zero-order valence-electron chi connectivity index (χ0n) is 22.9. The SMILES string of the molecule is COC(=O)[C@@]12OC[C@]34C(C(O)[C@@H]1O)[C@@]1(C)CC(=O)C(OC(=O)/C=C(\C)C(C)C)=C(C)[C@@H]1C[C@H]3OC(=O)[C@H](O)[C@@H]24. The van der Waals surface area contributed by atoms with Gasteiger partial charge in [-0.25, -0.2) is 14.4 Å². The van der Waals surface area contributed by atoms with Crippen LogP contribution in [-0.4, -0.2) is 82.7 Å². The number of carbonyl (C=O) groups is 4. The fourth-order valence-corrected chi connectivity index (χ4v) is 8.37. The van der Waals surface area contributed by atoms with E-state index < -0.39 is 82.3 Å². The van der Waals surface area contributed by atoms with Crippen LogP contribution in [0.4, 0.5) is 0 Å². The van der Waals surface area contributed by atoms with Crippen LogP contribution in [0, 0.1) is 34.5 Å². The van der Waals surface area contributed by atoms with E-state index >= 15 is 0 Å². The summed E-state index contributed by atoms with van der Waals surface area (Å²) in [6, 6.07) is 0. The molecule has 4 fully saturated rings. The minimum atomic E-state index is -2.18. The van der Waals surface area contributed by atoms with Gasteiger partial charge in [-0.15, -0.1) is 0 Å². The van der Waals surface area contributed by atoms with Gasteiger partial charge in [0.15, 0.2) is 23.2 Å². The van der Waals surface area contributed by atoms with Gasteiger partial charge >= 0.3 is 17.9 Å². The largest absolute Gasteiger partial charge is 0.467 e. The first kappa shape index (κ1) is 27.9. The first-order valence-corrected chi connectivity index (χ1v) is 13.3. The van der Waals surface area contributed by atoms with Crippen molar-refractivity contribution in [3.05, 3.63) is 23.0 Å². The quantitative estimate of drug-likeness (QED) is 0.256. The molecule has 2 unspecified atom stereocenters. The number of Topliss-reactive ketones (excluding diaryl/α,β-unsaturated/α-hetero) is 1. The Morgan fingerprint density at radius 1 is 1.15 bits per heavy atom. The topological polar surface area (TPSA) is 166 Å². The Morgan fingerprint density at radius 3 is 2.44 bits per heavy atom. The summed E-state index contributed by atoms with van der Waals surface area (Å²) >= 11 is 0. The zero-order chi connectivity index (χ0) is 28.8. The molecule has 2 aliphatic heterocycles. The van der Waals surface area contributed by atoms with E-state index in [0.717, 1.165) is 12.7 Å². The van der Waals surface area contributed by atoms with Crippen LogP contribution in [0.1, 0.15) is 47.5 Å². The zero-order valence-corrected chi connectivity index (χ0v) is 22.9. The Morgan fingerprint density at radius 2 is 1.82 bits per heavy atom. The molecule has 214 valence electrons. The van der Waals surface area contributed by atoms with E-state index in [-0.39, 0.29) is 31.1 Å². The van der Waals surface area contributed by atoms with Gasteiger partial charge in [0.05, 0.1) is 25.7 Å². The van der Waals surface area contributed by atoms with E-state index in [4.69, 9.17) is 18.9 Å². The second-order valence-electron chi connectivity index (χ2n) is 12.3. The third-order valence-corrected chi connectivity index (χ3v) is 10.3. The van der Waals surface area contributed by atoms with Crippen molar-refractivity contribution in [1.82, 2.24) is 0 Å². The van der Waals surface area contributed by atoms with E-state index in [2.05, 4.69) is 0 Å². The molecular formula is C28H36O11. The lowest BCUT2D eigenvalue weighted by molar-refractivity contribution is -0.289. The van der Waals surface area contributed by atoms with Crippen LogP contribution >= 0.6 is 0 Å². The Kier molecular flexibility index (Phi) is 6.42. The molecule has 2 heterocycles. The van der Waals surface area contributed by atoms with Gasteiger partial charge in [-0.2, -0.15) is 0 Å². The van der Waals surface area contributed by atoms with Crippen molar-refractivity contribution in [2.75, 3.05) is 13.7 Å². The first-order valence-electron chi connectivity index (χ1n) is 13.3. The highest BCUT2D eigenvalue weighted by Gasteiger charge is 2.84. The summed E-state index contributed by atoms with van der Waals surface area (Å²) in [5.41, 5.74) is -3.22. The molecule has 10 atom stereocenters. The molecule has 5 aliphatic rings. The standard InChI is InChI=1S/C28H36O11/c1-11(2)12(3)7-17(30)39-20-13(4)14-8-16-27-10-37-28(25(35)36-6,22(27)19(32)24(34)38-16)23(33)18(31)21(27)26(14,5)9-15(20)29/h7,11,14,16,18-19,21-23,31-33H,8-10H2,1-6H3/b12-7+/t14-,16+,18?,19+,21?,22+,23-,26-,27+,28-/m0/s1. The molecule has 11 heteroatoms. The Hall–Kier alpha value is -2.60. The molecule has 39 heavy (non-hydrogen) atoms. The van der Waals surface area contributed by atoms with Crippen LogP contribution in [0.3, 0.4) is 0 Å². The summed E-state index contributed by atoms with van der Waals surface area (Å²) in [4.78, 5) is 52.1. The third-order valence-electron chi connectivity index (χ3n) is 10.3. The number of aliphatic hydroxyl groups excluding tert-OH is 3. The number of esters is 3. The number of carbonyl (C=O) groups excluding carboxylic acids is 4. The van der Waals surface area contributed by atoms with E-state index in [1.54, 1.807) is 20.8 Å². The summed E-state index contributed by atoms with van der Waals surface area (Å²) < 4.78 is 22.2. The van der Waals surface area contributed by atoms with E-state index in [0.29, 0.717) is 5.57 Å². The van der Waals surface area contributed by atoms with E-state index in [1.807, 2.05) is 13.8 Å². The van der Waals surface area contributed by atoms with Crippen molar-refractivity contribution < 1.29 is 53.4 Å². The lowest BCUT2D eigenvalue weighted by Gasteiger charge is -2.67.